The quantitative estimate of drug-likeness (QED) is 0.849. The summed E-state index contributed by atoms with van der Waals surface area (Å²) in [6, 6.07) is 13.1. The minimum absolute atomic E-state index is 0.179. The van der Waals surface area contributed by atoms with Crippen molar-refractivity contribution < 1.29 is 14.0 Å². The highest BCUT2D eigenvalue weighted by molar-refractivity contribution is 5.99. The van der Waals surface area contributed by atoms with Crippen LogP contribution in [0, 0.1) is 11.7 Å². The van der Waals surface area contributed by atoms with E-state index in [1.807, 2.05) is 24.3 Å². The highest BCUT2D eigenvalue weighted by Crippen LogP contribution is 2.24. The van der Waals surface area contributed by atoms with Gasteiger partial charge in [0, 0.05) is 30.0 Å². The van der Waals surface area contributed by atoms with Gasteiger partial charge < -0.3 is 15.5 Å². The normalized spacial score (nSPS) is 14.7. The molecular formula is C21H24FN3O2. The molecule has 6 heteroatoms. The van der Waals surface area contributed by atoms with Crippen molar-refractivity contribution in [3.05, 3.63) is 59.9 Å². The van der Waals surface area contributed by atoms with E-state index in [1.54, 1.807) is 0 Å². The van der Waals surface area contributed by atoms with Gasteiger partial charge >= 0.3 is 0 Å². The first kappa shape index (κ1) is 18.9. The molecule has 0 aliphatic carbocycles. The van der Waals surface area contributed by atoms with E-state index in [0.717, 1.165) is 30.8 Å². The molecule has 0 aromatic heterocycles. The van der Waals surface area contributed by atoms with E-state index in [-0.39, 0.29) is 18.0 Å². The average Bonchev–Trinajstić information content (AvgIpc) is 2.67. The lowest BCUT2D eigenvalue weighted by atomic mass is 9.99. The molecule has 0 atom stereocenters. The van der Waals surface area contributed by atoms with E-state index in [0.29, 0.717) is 5.69 Å². The second kappa shape index (κ2) is 8.66. The van der Waals surface area contributed by atoms with Crippen LogP contribution < -0.4 is 15.5 Å². The number of rotatable bonds is 5. The molecule has 0 unspecified atom stereocenters. The van der Waals surface area contributed by atoms with Gasteiger partial charge in [-0.25, -0.2) is 4.39 Å². The van der Waals surface area contributed by atoms with Crippen LogP contribution >= 0.6 is 0 Å². The third-order valence-electron chi connectivity index (χ3n) is 4.80. The van der Waals surface area contributed by atoms with Gasteiger partial charge in [0.05, 0.1) is 6.54 Å². The summed E-state index contributed by atoms with van der Waals surface area (Å²) in [5.41, 5.74) is 2.01. The van der Waals surface area contributed by atoms with E-state index >= 15 is 0 Å². The molecule has 0 saturated carbocycles. The van der Waals surface area contributed by atoms with Gasteiger partial charge in [-0.3, -0.25) is 9.59 Å². The topological polar surface area (TPSA) is 61.4 Å². The largest absolute Gasteiger partial charge is 0.372 e. The van der Waals surface area contributed by atoms with Crippen LogP contribution in [0.2, 0.25) is 0 Å². The number of carbonyl (C=O) groups is 2. The second-order valence-corrected chi connectivity index (χ2v) is 6.96. The van der Waals surface area contributed by atoms with Crippen LogP contribution in [0.5, 0.6) is 0 Å². The molecule has 2 aromatic carbocycles. The Morgan fingerprint density at radius 2 is 1.81 bits per heavy atom. The maximum atomic E-state index is 13.1. The Morgan fingerprint density at radius 1 is 1.11 bits per heavy atom. The number of hydrogen-bond acceptors (Lipinski definition) is 3. The van der Waals surface area contributed by atoms with Crippen molar-refractivity contribution in [1.29, 1.82) is 0 Å². The first-order valence-electron chi connectivity index (χ1n) is 9.20. The Kier molecular flexibility index (Phi) is 6.06. The number of hydrogen-bond donors (Lipinski definition) is 2. The Morgan fingerprint density at radius 3 is 2.48 bits per heavy atom. The third kappa shape index (κ3) is 5.29. The fourth-order valence-corrected chi connectivity index (χ4v) is 3.12. The van der Waals surface area contributed by atoms with Gasteiger partial charge in [-0.2, -0.15) is 0 Å². The average molecular weight is 369 g/mol. The molecule has 1 fully saturated rings. The van der Waals surface area contributed by atoms with Crippen molar-refractivity contribution in [1.82, 2.24) is 5.32 Å². The number of carbonyl (C=O) groups excluding carboxylic acids is 2. The number of nitrogens with zero attached hydrogens (tertiary/aromatic N) is 1. The monoisotopic (exact) mass is 369 g/mol. The fourth-order valence-electron chi connectivity index (χ4n) is 3.12. The van der Waals surface area contributed by atoms with Crippen molar-refractivity contribution in [2.45, 2.75) is 19.8 Å². The number of amides is 2. The molecule has 0 radical (unpaired) electrons. The fraction of sp³-hybridized carbons (Fsp3) is 0.333. The Hall–Kier alpha value is -2.89. The van der Waals surface area contributed by atoms with Gasteiger partial charge in [-0.15, -0.1) is 0 Å². The van der Waals surface area contributed by atoms with Crippen molar-refractivity contribution in [2.24, 2.45) is 5.92 Å². The van der Waals surface area contributed by atoms with Gasteiger partial charge in [-0.1, -0.05) is 13.0 Å². The Bertz CT molecular complexity index is 799. The van der Waals surface area contributed by atoms with Gasteiger partial charge in [0.15, 0.2) is 0 Å². The smallest absolute Gasteiger partial charge is 0.251 e. The number of anilines is 2. The zero-order valence-corrected chi connectivity index (χ0v) is 15.4. The summed E-state index contributed by atoms with van der Waals surface area (Å²) in [5, 5.41) is 5.24. The molecule has 1 heterocycles. The summed E-state index contributed by atoms with van der Waals surface area (Å²) in [6.45, 7) is 4.21. The zero-order valence-electron chi connectivity index (χ0n) is 15.4. The SMILES string of the molecule is CC1CCN(c2ccc(NC(=O)CNC(=O)c3cccc(F)c3)cc2)CC1. The molecular weight excluding hydrogens is 345 g/mol. The van der Waals surface area contributed by atoms with E-state index in [1.165, 1.54) is 31.0 Å². The molecule has 2 N–H and O–H groups in total. The number of nitrogens with one attached hydrogen (secondary N) is 2. The maximum absolute atomic E-state index is 13.1. The van der Waals surface area contributed by atoms with Gasteiger partial charge in [0.25, 0.3) is 5.91 Å². The van der Waals surface area contributed by atoms with Crippen molar-refractivity contribution in [3.63, 3.8) is 0 Å². The van der Waals surface area contributed by atoms with E-state index in [9.17, 15) is 14.0 Å². The molecule has 142 valence electrons. The van der Waals surface area contributed by atoms with Crippen LogP contribution in [0.15, 0.2) is 48.5 Å². The standard InChI is InChI=1S/C21H24FN3O2/c1-15-9-11-25(12-10-15)19-7-5-18(6-8-19)24-20(26)14-23-21(27)16-3-2-4-17(22)13-16/h2-8,13,15H,9-12,14H2,1H3,(H,23,27)(H,24,26). The van der Waals surface area contributed by atoms with Crippen LogP contribution in [0.25, 0.3) is 0 Å². The molecule has 0 bridgehead atoms. The van der Waals surface area contributed by atoms with Crippen molar-refractivity contribution >= 4 is 23.2 Å². The van der Waals surface area contributed by atoms with Gasteiger partial charge in [-0.05, 0) is 61.2 Å². The lowest BCUT2D eigenvalue weighted by Gasteiger charge is -2.32. The molecule has 2 amide bonds. The molecule has 0 spiro atoms. The van der Waals surface area contributed by atoms with Gasteiger partial charge in [0.2, 0.25) is 5.91 Å². The Labute approximate surface area is 158 Å². The van der Waals surface area contributed by atoms with Gasteiger partial charge in [0.1, 0.15) is 5.82 Å². The minimum Gasteiger partial charge on any atom is -0.372 e. The van der Waals surface area contributed by atoms with Crippen molar-refractivity contribution in [2.75, 3.05) is 29.9 Å². The Balaban J connectivity index is 1.48. The summed E-state index contributed by atoms with van der Waals surface area (Å²) in [4.78, 5) is 26.3. The minimum atomic E-state index is -0.490. The number of halogens is 1. The molecule has 27 heavy (non-hydrogen) atoms. The number of benzene rings is 2. The summed E-state index contributed by atoms with van der Waals surface area (Å²) < 4.78 is 13.1. The number of piperidine rings is 1. The highest BCUT2D eigenvalue weighted by Gasteiger charge is 2.16. The first-order valence-corrected chi connectivity index (χ1v) is 9.20. The van der Waals surface area contributed by atoms with E-state index < -0.39 is 11.7 Å². The first-order chi connectivity index (χ1) is 13.0. The summed E-state index contributed by atoms with van der Waals surface area (Å²) in [7, 11) is 0. The van der Waals surface area contributed by atoms with Crippen LogP contribution in [0.3, 0.4) is 0 Å². The maximum Gasteiger partial charge on any atom is 0.251 e. The lowest BCUT2D eigenvalue weighted by molar-refractivity contribution is -0.115. The molecule has 3 rings (SSSR count). The molecule has 1 aliphatic rings. The van der Waals surface area contributed by atoms with Crippen molar-refractivity contribution in [3.8, 4) is 0 Å². The summed E-state index contributed by atoms with van der Waals surface area (Å²) in [6.07, 6.45) is 2.40. The third-order valence-corrected chi connectivity index (χ3v) is 4.80. The predicted octanol–water partition coefficient (Wildman–Crippen LogP) is 3.43. The van der Waals surface area contributed by atoms with Crippen LogP contribution in [0.1, 0.15) is 30.1 Å². The predicted molar refractivity (Wildman–Crippen MR) is 104 cm³/mol. The molecule has 1 saturated heterocycles. The molecule has 2 aromatic rings. The summed E-state index contributed by atoms with van der Waals surface area (Å²) in [5.74, 6) is -0.531. The van der Waals surface area contributed by atoms with Crippen LogP contribution in [0.4, 0.5) is 15.8 Å². The molecule has 5 nitrogen and oxygen atoms in total. The summed E-state index contributed by atoms with van der Waals surface area (Å²) >= 11 is 0. The van der Waals surface area contributed by atoms with Crippen LogP contribution in [-0.4, -0.2) is 31.4 Å². The van der Waals surface area contributed by atoms with E-state index in [4.69, 9.17) is 0 Å². The van der Waals surface area contributed by atoms with Crippen LogP contribution in [-0.2, 0) is 4.79 Å². The second-order valence-electron chi connectivity index (χ2n) is 6.96. The highest BCUT2D eigenvalue weighted by atomic mass is 19.1. The zero-order chi connectivity index (χ0) is 19.2. The lowest BCUT2D eigenvalue weighted by Crippen LogP contribution is -2.33. The molecule has 1 aliphatic heterocycles. The van der Waals surface area contributed by atoms with E-state index in [2.05, 4.69) is 22.5 Å².